The van der Waals surface area contributed by atoms with Crippen molar-refractivity contribution in [1.82, 2.24) is 15.5 Å². The molecule has 112 valence electrons. The topological polar surface area (TPSA) is 57.8 Å². The van der Waals surface area contributed by atoms with Crippen molar-refractivity contribution in [2.75, 3.05) is 0 Å². The molecule has 0 bridgehead atoms. The van der Waals surface area contributed by atoms with Crippen LogP contribution in [-0.2, 0) is 0 Å². The van der Waals surface area contributed by atoms with E-state index in [0.29, 0.717) is 5.56 Å². The summed E-state index contributed by atoms with van der Waals surface area (Å²) >= 11 is 1.67. The molecule has 4 nitrogen and oxygen atoms in total. The van der Waals surface area contributed by atoms with Crippen molar-refractivity contribution in [3.8, 4) is 11.3 Å². The molecule has 1 amide bonds. The van der Waals surface area contributed by atoms with Crippen molar-refractivity contribution in [2.45, 2.75) is 19.4 Å². The minimum Gasteiger partial charge on any atom is -0.344 e. The number of carbonyl (C=O) groups is 1. The van der Waals surface area contributed by atoms with E-state index >= 15 is 0 Å². The summed E-state index contributed by atoms with van der Waals surface area (Å²) in [6.45, 7) is 2.08. The maximum absolute atomic E-state index is 12.4. The average molecular weight is 311 g/mol. The predicted octanol–water partition coefficient (Wildman–Crippen LogP) is 4.02. The van der Waals surface area contributed by atoms with Crippen molar-refractivity contribution in [2.24, 2.45) is 0 Å². The van der Waals surface area contributed by atoms with Crippen molar-refractivity contribution >= 4 is 17.2 Å². The van der Waals surface area contributed by atoms with Gasteiger partial charge in [-0.2, -0.15) is 5.10 Å². The van der Waals surface area contributed by atoms with E-state index in [1.54, 1.807) is 17.5 Å². The number of thiophene rings is 1. The van der Waals surface area contributed by atoms with Gasteiger partial charge in [-0.1, -0.05) is 25.1 Å². The summed E-state index contributed by atoms with van der Waals surface area (Å²) in [5.74, 6) is -0.0450. The van der Waals surface area contributed by atoms with Gasteiger partial charge in [0, 0.05) is 16.6 Å². The zero-order chi connectivity index (χ0) is 15.4. The lowest BCUT2D eigenvalue weighted by atomic mass is 10.1. The van der Waals surface area contributed by atoms with Crippen LogP contribution in [0.15, 0.2) is 54.0 Å². The van der Waals surface area contributed by atoms with Gasteiger partial charge in [0.25, 0.3) is 5.91 Å². The van der Waals surface area contributed by atoms with Crippen molar-refractivity contribution in [3.05, 3.63) is 64.5 Å². The van der Waals surface area contributed by atoms with Gasteiger partial charge in [0.15, 0.2) is 0 Å². The van der Waals surface area contributed by atoms with Gasteiger partial charge in [0.1, 0.15) is 0 Å². The normalized spacial score (nSPS) is 12.0. The lowest BCUT2D eigenvalue weighted by Gasteiger charge is -2.15. The van der Waals surface area contributed by atoms with Crippen molar-refractivity contribution in [3.63, 3.8) is 0 Å². The van der Waals surface area contributed by atoms with Crippen LogP contribution < -0.4 is 5.32 Å². The van der Waals surface area contributed by atoms with Gasteiger partial charge in [-0.25, -0.2) is 0 Å². The quantitative estimate of drug-likeness (QED) is 0.747. The van der Waals surface area contributed by atoms with Gasteiger partial charge < -0.3 is 5.32 Å². The molecule has 2 aromatic heterocycles. The molecular formula is C17H17N3OS. The Morgan fingerprint density at radius 2 is 2.09 bits per heavy atom. The lowest BCUT2D eigenvalue weighted by molar-refractivity contribution is 0.0936. The first-order valence-corrected chi connectivity index (χ1v) is 8.10. The Kier molecular flexibility index (Phi) is 4.34. The highest BCUT2D eigenvalue weighted by Gasteiger charge is 2.14. The third kappa shape index (κ3) is 3.09. The molecule has 0 saturated carbocycles. The van der Waals surface area contributed by atoms with Gasteiger partial charge >= 0.3 is 0 Å². The van der Waals surface area contributed by atoms with Crippen LogP contribution in [0, 0.1) is 0 Å². The summed E-state index contributed by atoms with van der Waals surface area (Å²) in [5.41, 5.74) is 2.62. The minimum atomic E-state index is -0.0450. The van der Waals surface area contributed by atoms with Crippen LogP contribution >= 0.6 is 11.3 Å². The Labute approximate surface area is 133 Å². The van der Waals surface area contributed by atoms with Crippen LogP contribution in [0.5, 0.6) is 0 Å². The second kappa shape index (κ2) is 6.58. The number of aromatic amines is 1. The zero-order valence-electron chi connectivity index (χ0n) is 12.2. The van der Waals surface area contributed by atoms with Crippen LogP contribution in [0.4, 0.5) is 0 Å². The molecule has 3 aromatic rings. The third-order valence-corrected chi connectivity index (χ3v) is 4.55. The van der Waals surface area contributed by atoms with E-state index in [9.17, 15) is 4.79 Å². The largest absolute Gasteiger partial charge is 0.344 e. The van der Waals surface area contributed by atoms with Crippen LogP contribution in [-0.4, -0.2) is 16.1 Å². The highest BCUT2D eigenvalue weighted by Crippen LogP contribution is 2.22. The van der Waals surface area contributed by atoms with Crippen LogP contribution in [0.2, 0.25) is 0 Å². The van der Waals surface area contributed by atoms with Crippen LogP contribution in [0.3, 0.4) is 0 Å². The second-order valence-corrected chi connectivity index (χ2v) is 5.98. The molecule has 0 fully saturated rings. The fraction of sp³-hybridized carbons (Fsp3) is 0.176. The molecule has 1 aromatic carbocycles. The second-order valence-electron chi connectivity index (χ2n) is 5.00. The Morgan fingerprint density at radius 3 is 2.68 bits per heavy atom. The maximum Gasteiger partial charge on any atom is 0.251 e. The Hall–Kier alpha value is -2.40. The SMILES string of the molecule is CCC(NC(=O)c1ccc(-c2ccn[nH]2)cc1)c1cccs1. The van der Waals surface area contributed by atoms with Crippen molar-refractivity contribution in [1.29, 1.82) is 0 Å². The lowest BCUT2D eigenvalue weighted by Crippen LogP contribution is -2.27. The average Bonchev–Trinajstić information content (AvgIpc) is 3.25. The first kappa shape index (κ1) is 14.5. The molecule has 0 aliphatic heterocycles. The number of nitrogens with zero attached hydrogens (tertiary/aromatic N) is 1. The minimum absolute atomic E-state index is 0.0450. The number of H-pyrrole nitrogens is 1. The Morgan fingerprint density at radius 1 is 1.27 bits per heavy atom. The molecule has 0 spiro atoms. The smallest absolute Gasteiger partial charge is 0.251 e. The molecule has 0 aliphatic rings. The summed E-state index contributed by atoms with van der Waals surface area (Å²) in [6.07, 6.45) is 2.58. The molecule has 22 heavy (non-hydrogen) atoms. The number of benzene rings is 1. The Bertz CT molecular complexity index is 718. The molecule has 2 heterocycles. The molecule has 0 aliphatic carbocycles. The molecule has 3 rings (SSSR count). The molecule has 2 N–H and O–H groups in total. The fourth-order valence-corrected chi connectivity index (χ4v) is 3.18. The van der Waals surface area contributed by atoms with E-state index in [-0.39, 0.29) is 11.9 Å². The van der Waals surface area contributed by atoms with Gasteiger partial charge in [0.2, 0.25) is 0 Å². The number of hydrogen-bond acceptors (Lipinski definition) is 3. The van der Waals surface area contributed by atoms with Crippen molar-refractivity contribution < 1.29 is 4.79 Å². The van der Waals surface area contributed by atoms with E-state index < -0.39 is 0 Å². The number of nitrogens with one attached hydrogen (secondary N) is 2. The van der Waals surface area contributed by atoms with Crippen LogP contribution in [0.1, 0.15) is 34.6 Å². The van der Waals surface area contributed by atoms with Gasteiger partial charge in [0.05, 0.1) is 11.7 Å². The van der Waals surface area contributed by atoms with Gasteiger partial charge in [-0.05, 0) is 41.6 Å². The summed E-state index contributed by atoms with van der Waals surface area (Å²) in [7, 11) is 0. The molecule has 0 saturated heterocycles. The summed E-state index contributed by atoms with van der Waals surface area (Å²) in [6, 6.07) is 13.6. The highest BCUT2D eigenvalue weighted by atomic mass is 32.1. The van der Waals surface area contributed by atoms with E-state index in [4.69, 9.17) is 0 Å². The first-order valence-electron chi connectivity index (χ1n) is 7.22. The van der Waals surface area contributed by atoms with E-state index in [0.717, 1.165) is 17.7 Å². The van der Waals surface area contributed by atoms with Crippen LogP contribution in [0.25, 0.3) is 11.3 Å². The number of hydrogen-bond donors (Lipinski definition) is 2. The molecular weight excluding hydrogens is 294 g/mol. The molecule has 0 radical (unpaired) electrons. The number of aromatic nitrogens is 2. The summed E-state index contributed by atoms with van der Waals surface area (Å²) in [5, 5.41) is 12.0. The van der Waals surface area contributed by atoms with Gasteiger partial charge in [-0.15, -0.1) is 11.3 Å². The monoisotopic (exact) mass is 311 g/mol. The summed E-state index contributed by atoms with van der Waals surface area (Å²) in [4.78, 5) is 13.6. The fourth-order valence-electron chi connectivity index (χ4n) is 2.32. The Balaban J connectivity index is 1.72. The van der Waals surface area contributed by atoms with E-state index in [2.05, 4.69) is 28.5 Å². The number of amides is 1. The summed E-state index contributed by atoms with van der Waals surface area (Å²) < 4.78 is 0. The molecule has 1 atom stereocenters. The van der Waals surface area contributed by atoms with E-state index in [1.807, 2.05) is 41.8 Å². The first-order chi connectivity index (χ1) is 10.8. The zero-order valence-corrected chi connectivity index (χ0v) is 13.1. The number of rotatable bonds is 5. The number of carbonyl (C=O) groups excluding carboxylic acids is 1. The predicted molar refractivity (Wildman–Crippen MR) is 88.8 cm³/mol. The molecule has 5 heteroatoms. The standard InChI is InChI=1S/C17H17N3OS/c1-2-14(16-4-3-11-22-16)19-17(21)13-7-5-12(6-8-13)15-9-10-18-20-15/h3-11,14H,2H2,1H3,(H,18,20)(H,19,21). The van der Waals surface area contributed by atoms with Gasteiger partial charge in [-0.3, -0.25) is 9.89 Å². The third-order valence-electron chi connectivity index (χ3n) is 3.56. The highest BCUT2D eigenvalue weighted by molar-refractivity contribution is 7.10. The maximum atomic E-state index is 12.4. The van der Waals surface area contributed by atoms with E-state index in [1.165, 1.54) is 4.88 Å². The molecule has 1 unspecified atom stereocenters.